The SMILES string of the molecule is CC(=CC(=O)O)CCC(=O)N[C@@H](C)[C@H](C=Cc1ccc2ccccc2c1)Cc1ccc(Cl)c(Cl)c1. The Balaban J connectivity index is 1.76. The van der Waals surface area contributed by atoms with Crippen LogP contribution in [0.25, 0.3) is 16.8 Å². The lowest BCUT2D eigenvalue weighted by Gasteiger charge is -2.23. The summed E-state index contributed by atoms with van der Waals surface area (Å²) in [6.07, 6.45) is 6.63. The van der Waals surface area contributed by atoms with Gasteiger partial charge in [-0.05, 0) is 66.8 Å². The molecule has 0 saturated heterocycles. The molecule has 2 atom stereocenters. The molecule has 0 saturated carbocycles. The summed E-state index contributed by atoms with van der Waals surface area (Å²) in [6.45, 7) is 3.69. The van der Waals surface area contributed by atoms with Crippen molar-refractivity contribution in [2.24, 2.45) is 5.92 Å². The third kappa shape index (κ3) is 8.27. The molecule has 4 nitrogen and oxygen atoms in total. The van der Waals surface area contributed by atoms with E-state index in [4.69, 9.17) is 28.3 Å². The van der Waals surface area contributed by atoms with Gasteiger partial charge in [0.15, 0.2) is 0 Å². The van der Waals surface area contributed by atoms with Gasteiger partial charge in [-0.1, -0.05) is 83.4 Å². The largest absolute Gasteiger partial charge is 0.478 e. The third-order valence-electron chi connectivity index (χ3n) is 5.91. The number of rotatable bonds is 10. The Hall–Kier alpha value is -3.08. The average Bonchev–Trinajstić information content (AvgIpc) is 2.82. The Morgan fingerprint density at radius 3 is 2.43 bits per heavy atom. The maximum atomic E-state index is 12.6. The predicted molar refractivity (Wildman–Crippen MR) is 145 cm³/mol. The van der Waals surface area contributed by atoms with Crippen LogP contribution in [0.2, 0.25) is 10.0 Å². The highest BCUT2D eigenvalue weighted by molar-refractivity contribution is 6.42. The lowest BCUT2D eigenvalue weighted by Crippen LogP contribution is -2.38. The van der Waals surface area contributed by atoms with Crippen molar-refractivity contribution in [2.75, 3.05) is 0 Å². The van der Waals surface area contributed by atoms with Crippen LogP contribution in [0.1, 0.15) is 37.8 Å². The molecule has 3 aromatic carbocycles. The Morgan fingerprint density at radius 1 is 0.971 bits per heavy atom. The zero-order valence-corrected chi connectivity index (χ0v) is 21.3. The van der Waals surface area contributed by atoms with Gasteiger partial charge in [0, 0.05) is 24.5 Å². The highest BCUT2D eigenvalue weighted by atomic mass is 35.5. The lowest BCUT2D eigenvalue weighted by molar-refractivity contribution is -0.131. The van der Waals surface area contributed by atoms with Crippen molar-refractivity contribution in [1.82, 2.24) is 5.32 Å². The average molecular weight is 510 g/mol. The molecule has 6 heteroatoms. The van der Waals surface area contributed by atoms with Crippen LogP contribution in [0.4, 0.5) is 0 Å². The van der Waals surface area contributed by atoms with Gasteiger partial charge in [-0.25, -0.2) is 4.79 Å². The van der Waals surface area contributed by atoms with E-state index >= 15 is 0 Å². The first-order chi connectivity index (χ1) is 16.7. The minimum Gasteiger partial charge on any atom is -0.478 e. The van der Waals surface area contributed by atoms with Gasteiger partial charge < -0.3 is 10.4 Å². The van der Waals surface area contributed by atoms with E-state index in [9.17, 15) is 9.59 Å². The van der Waals surface area contributed by atoms with E-state index in [1.807, 2.05) is 31.2 Å². The summed E-state index contributed by atoms with van der Waals surface area (Å²) < 4.78 is 0. The van der Waals surface area contributed by atoms with Crippen LogP contribution in [0, 0.1) is 5.92 Å². The van der Waals surface area contributed by atoms with Crippen LogP contribution in [0.5, 0.6) is 0 Å². The maximum absolute atomic E-state index is 12.6. The molecule has 0 aliphatic heterocycles. The Kier molecular flexibility index (Phi) is 9.53. The summed E-state index contributed by atoms with van der Waals surface area (Å²) >= 11 is 12.3. The number of hydrogen-bond acceptors (Lipinski definition) is 2. The van der Waals surface area contributed by atoms with Gasteiger partial charge in [0.25, 0.3) is 0 Å². The fourth-order valence-corrected chi connectivity index (χ4v) is 4.24. The molecule has 2 N–H and O–H groups in total. The van der Waals surface area contributed by atoms with Crippen LogP contribution < -0.4 is 5.32 Å². The molecule has 182 valence electrons. The number of nitrogens with one attached hydrogen (secondary N) is 1. The second kappa shape index (κ2) is 12.6. The van der Waals surface area contributed by atoms with Crippen LogP contribution >= 0.6 is 23.2 Å². The second-order valence-electron chi connectivity index (χ2n) is 8.77. The minimum absolute atomic E-state index is 0.00155. The molecular formula is C29H29Cl2NO3. The molecular weight excluding hydrogens is 481 g/mol. The van der Waals surface area contributed by atoms with E-state index in [1.54, 1.807) is 13.0 Å². The Morgan fingerprint density at radius 2 is 1.71 bits per heavy atom. The van der Waals surface area contributed by atoms with E-state index in [2.05, 4.69) is 47.8 Å². The third-order valence-corrected chi connectivity index (χ3v) is 6.65. The number of halogens is 2. The summed E-state index contributed by atoms with van der Waals surface area (Å²) in [5.41, 5.74) is 2.76. The van der Waals surface area contributed by atoms with Crippen LogP contribution in [-0.4, -0.2) is 23.0 Å². The number of carboxylic acids is 1. The number of aliphatic carboxylic acids is 1. The first-order valence-corrected chi connectivity index (χ1v) is 12.3. The van der Waals surface area contributed by atoms with E-state index < -0.39 is 5.97 Å². The van der Waals surface area contributed by atoms with Crippen molar-refractivity contribution in [3.8, 4) is 0 Å². The first kappa shape index (κ1) is 26.5. The molecule has 0 aliphatic carbocycles. The summed E-state index contributed by atoms with van der Waals surface area (Å²) in [5, 5.41) is 15.3. The molecule has 3 aromatic rings. The zero-order chi connectivity index (χ0) is 25.4. The van der Waals surface area contributed by atoms with Crippen LogP contribution in [-0.2, 0) is 16.0 Å². The lowest BCUT2D eigenvalue weighted by atomic mass is 9.91. The molecule has 0 bridgehead atoms. The highest BCUT2D eigenvalue weighted by Gasteiger charge is 2.18. The van der Waals surface area contributed by atoms with Gasteiger partial charge in [0.1, 0.15) is 0 Å². The normalized spacial score (nSPS) is 13.7. The molecule has 1 amide bonds. The minimum atomic E-state index is -1.00. The van der Waals surface area contributed by atoms with Gasteiger partial charge in [-0.2, -0.15) is 0 Å². The van der Waals surface area contributed by atoms with Crippen molar-refractivity contribution < 1.29 is 14.7 Å². The number of hydrogen-bond donors (Lipinski definition) is 2. The predicted octanol–water partition coefficient (Wildman–Crippen LogP) is 7.33. The van der Waals surface area contributed by atoms with Crippen molar-refractivity contribution in [1.29, 1.82) is 0 Å². The van der Waals surface area contributed by atoms with Crippen LogP contribution in [0.15, 0.2) is 78.4 Å². The van der Waals surface area contributed by atoms with E-state index in [-0.39, 0.29) is 24.3 Å². The number of carboxylic acid groups (broad SMARTS) is 1. The zero-order valence-electron chi connectivity index (χ0n) is 19.8. The molecule has 0 fully saturated rings. The molecule has 35 heavy (non-hydrogen) atoms. The summed E-state index contributed by atoms with van der Waals surface area (Å²) in [5.74, 6) is -1.12. The fourth-order valence-electron chi connectivity index (χ4n) is 3.92. The molecule has 0 aromatic heterocycles. The second-order valence-corrected chi connectivity index (χ2v) is 9.58. The molecule has 0 radical (unpaired) electrons. The van der Waals surface area contributed by atoms with Gasteiger partial charge in [0.2, 0.25) is 5.91 Å². The molecule has 0 aliphatic rings. The number of amides is 1. The molecule has 3 rings (SSSR count). The van der Waals surface area contributed by atoms with Crippen molar-refractivity contribution >= 4 is 51.9 Å². The maximum Gasteiger partial charge on any atom is 0.328 e. The number of allylic oxidation sites excluding steroid dienone is 1. The van der Waals surface area contributed by atoms with E-state index in [0.29, 0.717) is 28.5 Å². The van der Waals surface area contributed by atoms with Gasteiger partial charge in [-0.15, -0.1) is 0 Å². The van der Waals surface area contributed by atoms with Crippen LogP contribution in [0.3, 0.4) is 0 Å². The summed E-state index contributed by atoms with van der Waals surface area (Å²) in [4.78, 5) is 23.4. The van der Waals surface area contributed by atoms with Gasteiger partial charge >= 0.3 is 5.97 Å². The monoisotopic (exact) mass is 509 g/mol. The van der Waals surface area contributed by atoms with E-state index in [0.717, 1.165) is 17.2 Å². The molecule has 0 unspecified atom stereocenters. The van der Waals surface area contributed by atoms with Gasteiger partial charge in [0.05, 0.1) is 10.0 Å². The standard InChI is InChI=1S/C29H29Cl2NO3/c1-19(15-29(34)35)7-14-28(33)32-20(2)24(17-22-10-13-26(30)27(31)18-22)12-9-21-8-11-23-5-3-4-6-25(23)16-21/h3-6,8-13,15-16,18,20,24H,7,14,17H2,1-2H3,(H,32,33)(H,34,35)/t20-,24+/m0/s1. The molecule has 0 spiro atoms. The first-order valence-electron chi connectivity index (χ1n) is 11.5. The number of carbonyl (C=O) groups excluding carboxylic acids is 1. The Bertz CT molecular complexity index is 1270. The van der Waals surface area contributed by atoms with Gasteiger partial charge in [-0.3, -0.25) is 4.79 Å². The fraction of sp³-hybridized carbons (Fsp3) is 0.241. The smallest absolute Gasteiger partial charge is 0.328 e. The topological polar surface area (TPSA) is 66.4 Å². The Labute approximate surface area is 216 Å². The summed E-state index contributed by atoms with van der Waals surface area (Å²) in [7, 11) is 0. The number of carbonyl (C=O) groups is 2. The highest BCUT2D eigenvalue weighted by Crippen LogP contribution is 2.26. The number of fused-ring (bicyclic) bond motifs is 1. The number of benzene rings is 3. The van der Waals surface area contributed by atoms with Crippen molar-refractivity contribution in [2.45, 2.75) is 39.2 Å². The van der Waals surface area contributed by atoms with Crippen molar-refractivity contribution in [3.63, 3.8) is 0 Å². The quantitative estimate of drug-likeness (QED) is 0.281. The van der Waals surface area contributed by atoms with E-state index in [1.165, 1.54) is 10.8 Å². The van der Waals surface area contributed by atoms with Crippen molar-refractivity contribution in [3.05, 3.63) is 99.6 Å². The summed E-state index contributed by atoms with van der Waals surface area (Å²) in [6, 6.07) is 20.0. The molecule has 0 heterocycles.